The minimum absolute atomic E-state index is 0.345. The zero-order valence-electron chi connectivity index (χ0n) is 16.3. The number of amides is 1. The molecule has 29 heavy (non-hydrogen) atoms. The third-order valence-corrected chi connectivity index (χ3v) is 5.83. The van der Waals surface area contributed by atoms with Crippen molar-refractivity contribution >= 4 is 28.2 Å². The predicted octanol–water partition coefficient (Wildman–Crippen LogP) is 3.31. The van der Waals surface area contributed by atoms with E-state index >= 15 is 0 Å². The van der Waals surface area contributed by atoms with Gasteiger partial charge in [-0.1, -0.05) is 19.1 Å². The first-order valence-corrected chi connectivity index (χ1v) is 10.1. The average Bonchev–Trinajstić information content (AvgIpc) is 3.06. The van der Waals surface area contributed by atoms with Crippen LogP contribution in [0.1, 0.15) is 29.3 Å². The van der Waals surface area contributed by atoms with Crippen LogP contribution >= 0.6 is 11.3 Å². The number of nitrogens with zero attached hydrogens (tertiary/aromatic N) is 1. The molecule has 2 aromatic rings. The van der Waals surface area contributed by atoms with Crippen molar-refractivity contribution in [3.05, 3.63) is 40.3 Å². The molecule has 1 N–H and O–H groups in total. The highest BCUT2D eigenvalue weighted by Crippen LogP contribution is 2.39. The second-order valence-electron chi connectivity index (χ2n) is 6.82. The van der Waals surface area contributed by atoms with Crippen molar-refractivity contribution in [2.24, 2.45) is 5.92 Å². The molecule has 1 aliphatic carbocycles. The molecule has 1 amide bonds. The van der Waals surface area contributed by atoms with Gasteiger partial charge in [0, 0.05) is 4.88 Å². The lowest BCUT2D eigenvalue weighted by Gasteiger charge is -2.17. The van der Waals surface area contributed by atoms with Gasteiger partial charge in [0.2, 0.25) is 0 Å². The Morgan fingerprint density at radius 3 is 2.76 bits per heavy atom. The molecule has 1 atom stereocenters. The van der Waals surface area contributed by atoms with E-state index in [0.29, 0.717) is 28.0 Å². The molecular formula is C21H22N2O5S. The SMILES string of the molecule is COc1ccccc1OCC(=O)OCC(=O)Nc1sc2c(c1C#N)CC[C@@H](C)C2. The number of nitriles is 1. The molecule has 1 heterocycles. The molecule has 0 saturated heterocycles. The van der Waals surface area contributed by atoms with E-state index in [1.165, 1.54) is 18.4 Å². The number of fused-ring (bicyclic) bond motifs is 1. The van der Waals surface area contributed by atoms with E-state index in [0.717, 1.165) is 29.7 Å². The summed E-state index contributed by atoms with van der Waals surface area (Å²) in [6.07, 6.45) is 2.80. The Bertz CT molecular complexity index is 947. The molecule has 8 heteroatoms. The maximum atomic E-state index is 12.2. The lowest BCUT2D eigenvalue weighted by atomic mass is 9.89. The van der Waals surface area contributed by atoms with Gasteiger partial charge < -0.3 is 19.5 Å². The second kappa shape index (κ2) is 9.43. The zero-order chi connectivity index (χ0) is 20.8. The quantitative estimate of drug-likeness (QED) is 0.698. The molecule has 1 aromatic heterocycles. The predicted molar refractivity (Wildman–Crippen MR) is 108 cm³/mol. The van der Waals surface area contributed by atoms with Crippen LogP contribution in [-0.2, 0) is 27.2 Å². The van der Waals surface area contributed by atoms with Crippen molar-refractivity contribution in [3.63, 3.8) is 0 Å². The average molecular weight is 414 g/mol. The molecule has 0 unspecified atom stereocenters. The molecule has 0 aliphatic heterocycles. The van der Waals surface area contributed by atoms with Gasteiger partial charge in [0.05, 0.1) is 12.7 Å². The van der Waals surface area contributed by atoms with Crippen molar-refractivity contribution in [3.8, 4) is 17.6 Å². The maximum absolute atomic E-state index is 12.2. The normalized spacial score (nSPS) is 15.0. The van der Waals surface area contributed by atoms with E-state index < -0.39 is 18.5 Å². The Morgan fingerprint density at radius 1 is 1.28 bits per heavy atom. The van der Waals surface area contributed by atoms with Crippen LogP contribution in [0.25, 0.3) is 0 Å². The zero-order valence-corrected chi connectivity index (χ0v) is 17.1. The van der Waals surface area contributed by atoms with Crippen LogP contribution in [0.4, 0.5) is 5.00 Å². The largest absolute Gasteiger partial charge is 0.493 e. The topological polar surface area (TPSA) is 97.7 Å². The van der Waals surface area contributed by atoms with E-state index in [-0.39, 0.29) is 6.61 Å². The number of anilines is 1. The summed E-state index contributed by atoms with van der Waals surface area (Å²) in [6.45, 7) is 1.39. The molecule has 0 fully saturated rings. The third kappa shape index (κ3) is 5.06. The van der Waals surface area contributed by atoms with E-state index in [2.05, 4.69) is 18.3 Å². The second-order valence-corrected chi connectivity index (χ2v) is 7.92. The van der Waals surface area contributed by atoms with Crippen molar-refractivity contribution in [2.75, 3.05) is 25.6 Å². The Labute approximate surface area is 173 Å². The van der Waals surface area contributed by atoms with Gasteiger partial charge in [-0.15, -0.1) is 11.3 Å². The summed E-state index contributed by atoms with van der Waals surface area (Å²) in [4.78, 5) is 25.2. The highest BCUT2D eigenvalue weighted by Gasteiger charge is 2.24. The summed E-state index contributed by atoms with van der Waals surface area (Å²) in [5.74, 6) is 0.316. The highest BCUT2D eigenvalue weighted by atomic mass is 32.1. The number of para-hydroxylation sites is 2. The number of esters is 1. The fourth-order valence-corrected chi connectivity index (χ4v) is 4.56. The minimum atomic E-state index is -0.675. The number of hydrogen-bond acceptors (Lipinski definition) is 7. The Balaban J connectivity index is 1.51. The molecule has 152 valence electrons. The molecule has 0 spiro atoms. The first kappa shape index (κ1) is 20.7. The van der Waals surface area contributed by atoms with Crippen LogP contribution < -0.4 is 14.8 Å². The summed E-state index contributed by atoms with van der Waals surface area (Å²) in [6, 6.07) is 9.11. The number of thiophene rings is 1. The van der Waals surface area contributed by atoms with Crippen LogP contribution in [0, 0.1) is 17.2 Å². The third-order valence-electron chi connectivity index (χ3n) is 4.66. The summed E-state index contributed by atoms with van der Waals surface area (Å²) < 4.78 is 15.5. The lowest BCUT2D eigenvalue weighted by molar-refractivity contribution is -0.149. The van der Waals surface area contributed by atoms with E-state index in [1.807, 2.05) is 0 Å². The van der Waals surface area contributed by atoms with Crippen LogP contribution in [0.3, 0.4) is 0 Å². The molecule has 1 aliphatic rings. The van der Waals surface area contributed by atoms with Gasteiger partial charge in [0.15, 0.2) is 24.7 Å². The lowest BCUT2D eigenvalue weighted by Crippen LogP contribution is -2.23. The highest BCUT2D eigenvalue weighted by molar-refractivity contribution is 7.16. The van der Waals surface area contributed by atoms with Gasteiger partial charge in [0.1, 0.15) is 11.1 Å². The number of methoxy groups -OCH3 is 1. The Hall–Kier alpha value is -3.05. The molecule has 0 radical (unpaired) electrons. The first-order valence-electron chi connectivity index (χ1n) is 9.27. The fraction of sp³-hybridized carbons (Fsp3) is 0.381. The van der Waals surface area contributed by atoms with Crippen LogP contribution in [-0.4, -0.2) is 32.2 Å². The van der Waals surface area contributed by atoms with Crippen molar-refractivity contribution in [2.45, 2.75) is 26.2 Å². The maximum Gasteiger partial charge on any atom is 0.344 e. The fourth-order valence-electron chi connectivity index (χ4n) is 3.18. The number of nitrogens with one attached hydrogen (secondary N) is 1. The van der Waals surface area contributed by atoms with E-state index in [9.17, 15) is 14.9 Å². The summed E-state index contributed by atoms with van der Waals surface area (Å²) in [5.41, 5.74) is 1.56. The summed E-state index contributed by atoms with van der Waals surface area (Å²) in [7, 11) is 1.50. The van der Waals surface area contributed by atoms with Gasteiger partial charge >= 0.3 is 5.97 Å². The smallest absolute Gasteiger partial charge is 0.344 e. The van der Waals surface area contributed by atoms with Crippen LogP contribution in [0.15, 0.2) is 24.3 Å². The van der Waals surface area contributed by atoms with Gasteiger partial charge in [-0.3, -0.25) is 4.79 Å². The number of carbonyl (C=O) groups is 2. The van der Waals surface area contributed by atoms with Crippen molar-refractivity contribution < 1.29 is 23.8 Å². The summed E-state index contributed by atoms with van der Waals surface area (Å²) >= 11 is 1.43. The monoisotopic (exact) mass is 414 g/mol. The van der Waals surface area contributed by atoms with E-state index in [4.69, 9.17) is 14.2 Å². The van der Waals surface area contributed by atoms with Gasteiger partial charge in [-0.05, 0) is 42.9 Å². The first-order chi connectivity index (χ1) is 14.0. The van der Waals surface area contributed by atoms with Gasteiger partial charge in [-0.25, -0.2) is 4.79 Å². The number of rotatable bonds is 7. The molecule has 0 bridgehead atoms. The standard InChI is InChI=1S/C21H22N2O5S/c1-13-7-8-14-15(10-22)21(29-18(14)9-13)23-19(24)11-28-20(25)12-27-17-6-4-3-5-16(17)26-2/h3-6,13H,7-9,11-12H2,1-2H3,(H,23,24)/t13-/m1/s1. The number of carbonyl (C=O) groups excluding carboxylic acids is 2. The van der Waals surface area contributed by atoms with Crippen molar-refractivity contribution in [1.29, 1.82) is 5.26 Å². The molecule has 7 nitrogen and oxygen atoms in total. The Morgan fingerprint density at radius 2 is 2.03 bits per heavy atom. The number of hydrogen-bond donors (Lipinski definition) is 1. The molecular weight excluding hydrogens is 392 g/mol. The Kier molecular flexibility index (Phi) is 6.73. The van der Waals surface area contributed by atoms with Gasteiger partial charge in [0.25, 0.3) is 5.91 Å². The number of benzene rings is 1. The molecule has 1 aromatic carbocycles. The summed E-state index contributed by atoms with van der Waals surface area (Å²) in [5, 5.41) is 12.7. The van der Waals surface area contributed by atoms with Gasteiger partial charge in [-0.2, -0.15) is 5.26 Å². The minimum Gasteiger partial charge on any atom is -0.493 e. The molecule has 3 rings (SSSR count). The molecule has 0 saturated carbocycles. The van der Waals surface area contributed by atoms with E-state index in [1.54, 1.807) is 24.3 Å². The van der Waals surface area contributed by atoms with Crippen LogP contribution in [0.5, 0.6) is 11.5 Å². The van der Waals surface area contributed by atoms with Crippen LogP contribution in [0.2, 0.25) is 0 Å². The number of ether oxygens (including phenoxy) is 3. The van der Waals surface area contributed by atoms with Crippen molar-refractivity contribution in [1.82, 2.24) is 0 Å².